The van der Waals surface area contributed by atoms with Gasteiger partial charge in [0.15, 0.2) is 0 Å². The van der Waals surface area contributed by atoms with Crippen LogP contribution in [0.25, 0.3) is 0 Å². The number of amides is 1. The summed E-state index contributed by atoms with van der Waals surface area (Å²) in [4.78, 5) is 11.7. The number of carbonyl (C=O) groups is 1. The molecule has 1 amide bonds. The van der Waals surface area contributed by atoms with Crippen molar-refractivity contribution in [3.05, 3.63) is 0 Å². The number of nitrogens with two attached hydrogens (primary N) is 1. The van der Waals surface area contributed by atoms with E-state index in [4.69, 9.17) is 5.73 Å². The van der Waals surface area contributed by atoms with Gasteiger partial charge < -0.3 is 11.1 Å². The number of unbranched alkanes of at least 4 members (excludes halogenated alkanes) is 1. The third-order valence-corrected chi connectivity index (χ3v) is 3.31. The van der Waals surface area contributed by atoms with E-state index in [1.165, 1.54) is 19.3 Å². The third-order valence-electron chi connectivity index (χ3n) is 3.31. The topological polar surface area (TPSA) is 55.1 Å². The summed E-state index contributed by atoms with van der Waals surface area (Å²) in [5.74, 6) is 0.609. The number of carbonyl (C=O) groups excluding carboxylic acids is 1. The van der Waals surface area contributed by atoms with Crippen LogP contribution >= 0.6 is 12.4 Å². The van der Waals surface area contributed by atoms with Gasteiger partial charge in [0.25, 0.3) is 0 Å². The van der Waals surface area contributed by atoms with E-state index in [2.05, 4.69) is 19.2 Å². The van der Waals surface area contributed by atoms with Gasteiger partial charge in [0, 0.05) is 18.5 Å². The molecule has 4 heteroatoms. The minimum absolute atomic E-state index is 0. The van der Waals surface area contributed by atoms with Gasteiger partial charge >= 0.3 is 0 Å². The fraction of sp³-hybridized carbons (Fsp3) is 0.923. The highest BCUT2D eigenvalue weighted by Gasteiger charge is 2.17. The Morgan fingerprint density at radius 3 is 2.29 bits per heavy atom. The maximum atomic E-state index is 11.7. The fourth-order valence-electron chi connectivity index (χ4n) is 1.59. The van der Waals surface area contributed by atoms with Crippen LogP contribution in [0.2, 0.25) is 0 Å². The van der Waals surface area contributed by atoms with E-state index >= 15 is 0 Å². The predicted molar refractivity (Wildman–Crippen MR) is 76.4 cm³/mol. The van der Waals surface area contributed by atoms with Gasteiger partial charge in [0.05, 0.1) is 0 Å². The van der Waals surface area contributed by atoms with Gasteiger partial charge in [-0.25, -0.2) is 0 Å². The van der Waals surface area contributed by atoms with Crippen molar-refractivity contribution in [1.29, 1.82) is 0 Å². The number of rotatable bonds is 8. The quantitative estimate of drug-likeness (QED) is 0.708. The van der Waals surface area contributed by atoms with E-state index in [1.54, 1.807) is 0 Å². The summed E-state index contributed by atoms with van der Waals surface area (Å²) >= 11 is 0. The summed E-state index contributed by atoms with van der Waals surface area (Å²) in [7, 11) is 0. The van der Waals surface area contributed by atoms with Gasteiger partial charge in [-0.3, -0.25) is 4.79 Å². The number of halogens is 1. The Labute approximate surface area is 112 Å². The highest BCUT2D eigenvalue weighted by atomic mass is 35.5. The summed E-state index contributed by atoms with van der Waals surface area (Å²) in [6.07, 6.45) is 4.81. The lowest BCUT2D eigenvalue weighted by Crippen LogP contribution is -2.40. The molecule has 0 heterocycles. The first kappa shape index (κ1) is 19.1. The van der Waals surface area contributed by atoms with Crippen molar-refractivity contribution in [2.24, 2.45) is 17.6 Å². The van der Waals surface area contributed by atoms with Crippen molar-refractivity contribution in [1.82, 2.24) is 5.32 Å². The van der Waals surface area contributed by atoms with Crippen LogP contribution < -0.4 is 11.1 Å². The Balaban J connectivity index is 0. The second kappa shape index (κ2) is 10.8. The molecule has 0 spiro atoms. The summed E-state index contributed by atoms with van der Waals surface area (Å²) < 4.78 is 0. The Morgan fingerprint density at radius 1 is 1.29 bits per heavy atom. The summed E-state index contributed by atoms with van der Waals surface area (Å²) in [5, 5.41) is 3.00. The van der Waals surface area contributed by atoms with Crippen LogP contribution in [0.1, 0.15) is 53.4 Å². The molecule has 3 atom stereocenters. The molecular weight excluding hydrogens is 236 g/mol. The average molecular weight is 265 g/mol. The smallest absolute Gasteiger partial charge is 0.224 e. The van der Waals surface area contributed by atoms with Crippen LogP contribution in [-0.4, -0.2) is 18.5 Å². The van der Waals surface area contributed by atoms with Crippen molar-refractivity contribution in [3.63, 3.8) is 0 Å². The maximum absolute atomic E-state index is 11.7. The summed E-state index contributed by atoms with van der Waals surface area (Å²) in [5.41, 5.74) is 5.70. The molecule has 17 heavy (non-hydrogen) atoms. The molecule has 0 bridgehead atoms. The lowest BCUT2D eigenvalue weighted by atomic mass is 9.98. The zero-order valence-electron chi connectivity index (χ0n) is 11.7. The molecule has 0 aliphatic heterocycles. The predicted octanol–water partition coefficient (Wildman–Crippen LogP) is 2.72. The minimum atomic E-state index is -0.0938. The van der Waals surface area contributed by atoms with Crippen LogP contribution in [0.15, 0.2) is 0 Å². The number of hydrogen-bond donors (Lipinski definition) is 2. The fourth-order valence-corrected chi connectivity index (χ4v) is 1.59. The molecule has 0 aliphatic carbocycles. The minimum Gasteiger partial charge on any atom is -0.356 e. The van der Waals surface area contributed by atoms with Gasteiger partial charge in [-0.15, -0.1) is 12.4 Å². The normalized spacial score (nSPS) is 15.6. The first-order chi connectivity index (χ1) is 7.52. The van der Waals surface area contributed by atoms with Crippen molar-refractivity contribution >= 4 is 18.3 Å². The Bertz CT molecular complexity index is 198. The zero-order valence-corrected chi connectivity index (χ0v) is 12.5. The van der Waals surface area contributed by atoms with Crippen LogP contribution in [0.5, 0.6) is 0 Å². The highest BCUT2D eigenvalue weighted by molar-refractivity contribution is 5.85. The van der Waals surface area contributed by atoms with E-state index < -0.39 is 0 Å². The molecule has 0 saturated heterocycles. The average Bonchev–Trinajstić information content (AvgIpc) is 2.27. The maximum Gasteiger partial charge on any atom is 0.224 e. The number of hydrogen-bond acceptors (Lipinski definition) is 2. The lowest BCUT2D eigenvalue weighted by Gasteiger charge is -2.19. The van der Waals surface area contributed by atoms with Gasteiger partial charge in [-0.2, -0.15) is 0 Å². The molecule has 3 nitrogen and oxygen atoms in total. The molecule has 0 radical (unpaired) electrons. The third kappa shape index (κ3) is 8.44. The van der Waals surface area contributed by atoms with Gasteiger partial charge in [-0.05, 0) is 19.3 Å². The molecule has 0 fully saturated rings. The van der Waals surface area contributed by atoms with Gasteiger partial charge in [0.1, 0.15) is 0 Å². The monoisotopic (exact) mass is 264 g/mol. The number of nitrogens with one attached hydrogen (secondary N) is 1. The van der Waals surface area contributed by atoms with Crippen LogP contribution in [-0.2, 0) is 4.79 Å². The Kier molecular flexibility index (Phi) is 12.2. The molecule has 3 unspecified atom stereocenters. The van der Waals surface area contributed by atoms with E-state index in [9.17, 15) is 4.79 Å². The lowest BCUT2D eigenvalue weighted by molar-refractivity contribution is -0.125. The molecular formula is C13H29ClN2O. The van der Waals surface area contributed by atoms with Crippen molar-refractivity contribution in [2.45, 2.75) is 59.4 Å². The molecule has 0 saturated carbocycles. The molecule has 3 N–H and O–H groups in total. The van der Waals surface area contributed by atoms with E-state index in [1.807, 2.05) is 13.8 Å². The molecule has 0 aliphatic rings. The molecule has 0 aromatic heterocycles. The standard InChI is InChI=1S/C13H28N2O.ClH/c1-5-7-8-12(6-2)9-15-13(16)10(3)11(4)14;/h10-12H,5-9,14H2,1-4H3,(H,15,16);1H. The molecule has 104 valence electrons. The summed E-state index contributed by atoms with van der Waals surface area (Å²) in [6.45, 7) is 8.93. The second-order valence-corrected chi connectivity index (χ2v) is 4.81. The Morgan fingerprint density at radius 2 is 1.88 bits per heavy atom. The van der Waals surface area contributed by atoms with Gasteiger partial charge in [-0.1, -0.05) is 40.0 Å². The first-order valence-corrected chi connectivity index (χ1v) is 6.56. The highest BCUT2D eigenvalue weighted by Crippen LogP contribution is 2.11. The van der Waals surface area contributed by atoms with Crippen molar-refractivity contribution in [3.8, 4) is 0 Å². The van der Waals surface area contributed by atoms with Gasteiger partial charge in [0.2, 0.25) is 5.91 Å². The SMILES string of the molecule is CCCCC(CC)CNC(=O)C(C)C(C)N.Cl. The van der Waals surface area contributed by atoms with E-state index in [-0.39, 0.29) is 30.3 Å². The van der Waals surface area contributed by atoms with Crippen LogP contribution in [0.4, 0.5) is 0 Å². The largest absolute Gasteiger partial charge is 0.356 e. The van der Waals surface area contributed by atoms with Crippen molar-refractivity contribution in [2.75, 3.05) is 6.54 Å². The molecule has 0 aromatic carbocycles. The second-order valence-electron chi connectivity index (χ2n) is 4.81. The zero-order chi connectivity index (χ0) is 12.6. The summed E-state index contributed by atoms with van der Waals surface area (Å²) in [6, 6.07) is -0.0734. The molecule has 0 aromatic rings. The van der Waals surface area contributed by atoms with E-state index in [0.29, 0.717) is 5.92 Å². The van der Waals surface area contributed by atoms with Crippen LogP contribution in [0, 0.1) is 11.8 Å². The molecule has 0 rings (SSSR count). The van der Waals surface area contributed by atoms with Crippen LogP contribution in [0.3, 0.4) is 0 Å². The van der Waals surface area contributed by atoms with Crippen molar-refractivity contribution < 1.29 is 4.79 Å². The Hall–Kier alpha value is -0.280. The van der Waals surface area contributed by atoms with E-state index in [0.717, 1.165) is 13.0 Å². The first-order valence-electron chi connectivity index (χ1n) is 6.56.